The quantitative estimate of drug-likeness (QED) is 0.166. The van der Waals surface area contributed by atoms with E-state index in [0.29, 0.717) is 27.1 Å². The van der Waals surface area contributed by atoms with Gasteiger partial charge in [-0.1, -0.05) is 40.2 Å². The van der Waals surface area contributed by atoms with E-state index in [2.05, 4.69) is 31.9 Å². The van der Waals surface area contributed by atoms with E-state index >= 15 is 0 Å². The van der Waals surface area contributed by atoms with Crippen molar-refractivity contribution >= 4 is 49.7 Å². The molecule has 0 saturated heterocycles. The lowest BCUT2D eigenvalue weighted by atomic mass is 10.1. The van der Waals surface area contributed by atoms with E-state index in [1.165, 1.54) is 13.2 Å². The Bertz CT molecular complexity index is 1070. The molecule has 0 aromatic heterocycles. The summed E-state index contributed by atoms with van der Waals surface area (Å²) >= 11 is 6.69. The first-order chi connectivity index (χ1) is 14.0. The van der Waals surface area contributed by atoms with Gasteiger partial charge in [-0.3, -0.25) is 4.79 Å². The van der Waals surface area contributed by atoms with E-state index in [9.17, 15) is 9.59 Å². The largest absolute Gasteiger partial charge is 0.493 e. The number of carbonyl (C=O) groups is 2. The average molecular weight is 516 g/mol. The van der Waals surface area contributed by atoms with Crippen LogP contribution < -0.4 is 9.47 Å². The maximum absolute atomic E-state index is 12.4. The van der Waals surface area contributed by atoms with Crippen molar-refractivity contribution in [1.29, 1.82) is 0 Å². The van der Waals surface area contributed by atoms with Crippen LogP contribution in [0.2, 0.25) is 0 Å². The average Bonchev–Trinajstić information content (AvgIpc) is 2.73. The molecule has 0 unspecified atom stereocenters. The highest BCUT2D eigenvalue weighted by Gasteiger charge is 2.15. The number of ether oxygens (including phenoxy) is 2. The van der Waals surface area contributed by atoms with E-state index in [4.69, 9.17) is 9.47 Å². The van der Waals surface area contributed by atoms with Gasteiger partial charge in [0.1, 0.15) is 0 Å². The number of hydrogen-bond acceptors (Lipinski definition) is 4. The summed E-state index contributed by atoms with van der Waals surface area (Å²) in [7, 11) is 1.49. The molecule has 0 aliphatic heterocycles. The number of benzene rings is 3. The maximum atomic E-state index is 12.4. The molecule has 146 valence electrons. The molecule has 0 N–H and O–H groups in total. The summed E-state index contributed by atoms with van der Waals surface area (Å²) in [4.78, 5) is 24.7. The first-order valence-electron chi connectivity index (χ1n) is 8.60. The zero-order chi connectivity index (χ0) is 20.8. The fourth-order valence-electron chi connectivity index (χ4n) is 2.54. The molecule has 0 bridgehead atoms. The van der Waals surface area contributed by atoms with Gasteiger partial charge in [-0.2, -0.15) is 0 Å². The SMILES string of the molecule is COc1cc(C=CC(=O)c2ccc(Br)cc2)ccc1OC(=O)c1ccccc1Br. The Labute approximate surface area is 185 Å². The standard InChI is InChI=1S/C23H16Br2O4/c1-28-22-14-15(6-12-20(26)16-8-10-17(24)11-9-16)7-13-21(22)29-23(27)18-4-2-3-5-19(18)25/h2-14H,1H3. The summed E-state index contributed by atoms with van der Waals surface area (Å²) in [5, 5.41) is 0. The Morgan fingerprint density at radius 3 is 2.31 bits per heavy atom. The Morgan fingerprint density at radius 1 is 0.897 bits per heavy atom. The van der Waals surface area contributed by atoms with Gasteiger partial charge in [0.25, 0.3) is 0 Å². The summed E-state index contributed by atoms with van der Waals surface area (Å²) in [5.74, 6) is 0.0821. The van der Waals surface area contributed by atoms with E-state index in [1.807, 2.05) is 18.2 Å². The molecule has 6 heteroatoms. The lowest BCUT2D eigenvalue weighted by Crippen LogP contribution is -2.10. The first-order valence-corrected chi connectivity index (χ1v) is 10.2. The lowest BCUT2D eigenvalue weighted by molar-refractivity contribution is 0.0728. The van der Waals surface area contributed by atoms with Crippen LogP contribution in [0.5, 0.6) is 11.5 Å². The van der Waals surface area contributed by atoms with Crippen LogP contribution >= 0.6 is 31.9 Å². The molecule has 0 radical (unpaired) electrons. The molecule has 29 heavy (non-hydrogen) atoms. The highest BCUT2D eigenvalue weighted by Crippen LogP contribution is 2.30. The van der Waals surface area contributed by atoms with Crippen molar-refractivity contribution in [2.24, 2.45) is 0 Å². The minimum absolute atomic E-state index is 0.110. The van der Waals surface area contributed by atoms with Gasteiger partial charge < -0.3 is 9.47 Å². The van der Waals surface area contributed by atoms with Gasteiger partial charge in [-0.25, -0.2) is 4.79 Å². The summed E-state index contributed by atoms with van der Waals surface area (Å²) < 4.78 is 12.4. The van der Waals surface area contributed by atoms with E-state index < -0.39 is 5.97 Å². The summed E-state index contributed by atoms with van der Waals surface area (Å²) in [5.41, 5.74) is 1.75. The highest BCUT2D eigenvalue weighted by atomic mass is 79.9. The third-order valence-electron chi connectivity index (χ3n) is 4.04. The lowest BCUT2D eigenvalue weighted by Gasteiger charge is -2.10. The van der Waals surface area contributed by atoms with Gasteiger partial charge in [0.2, 0.25) is 0 Å². The van der Waals surface area contributed by atoms with Crippen LogP contribution in [0.4, 0.5) is 0 Å². The Hall–Kier alpha value is -2.70. The molecule has 0 amide bonds. The Kier molecular flexibility index (Phi) is 7.01. The zero-order valence-electron chi connectivity index (χ0n) is 15.4. The number of carbonyl (C=O) groups excluding carboxylic acids is 2. The van der Waals surface area contributed by atoms with Crippen molar-refractivity contribution in [3.63, 3.8) is 0 Å². The minimum atomic E-state index is -0.496. The normalized spacial score (nSPS) is 10.7. The topological polar surface area (TPSA) is 52.6 Å². The molecule has 0 saturated carbocycles. The van der Waals surface area contributed by atoms with Gasteiger partial charge in [-0.05, 0) is 76.1 Å². The first kappa shape index (κ1) is 21.0. The zero-order valence-corrected chi connectivity index (χ0v) is 18.6. The van der Waals surface area contributed by atoms with Crippen LogP contribution in [0.15, 0.2) is 81.8 Å². The number of methoxy groups -OCH3 is 1. The van der Waals surface area contributed by atoms with Crippen molar-refractivity contribution in [2.45, 2.75) is 0 Å². The number of ketones is 1. The number of hydrogen-bond donors (Lipinski definition) is 0. The molecule has 0 aliphatic rings. The van der Waals surface area contributed by atoms with Crippen molar-refractivity contribution in [1.82, 2.24) is 0 Å². The molecule has 0 heterocycles. The van der Waals surface area contributed by atoms with Crippen LogP contribution in [0, 0.1) is 0 Å². The molecule has 0 atom stereocenters. The van der Waals surface area contributed by atoms with Gasteiger partial charge in [-0.15, -0.1) is 0 Å². The Morgan fingerprint density at radius 2 is 1.62 bits per heavy atom. The van der Waals surface area contributed by atoms with E-state index in [0.717, 1.165) is 10.0 Å². The summed E-state index contributed by atoms with van der Waals surface area (Å²) in [6, 6.07) is 19.2. The molecule has 0 spiro atoms. The third-order valence-corrected chi connectivity index (χ3v) is 5.26. The second-order valence-electron chi connectivity index (χ2n) is 5.98. The van der Waals surface area contributed by atoms with Crippen molar-refractivity contribution in [3.8, 4) is 11.5 Å². The molecule has 0 fully saturated rings. The van der Waals surface area contributed by atoms with Gasteiger partial charge >= 0.3 is 5.97 Å². The molecular formula is C23H16Br2O4. The van der Waals surface area contributed by atoms with Crippen LogP contribution in [-0.4, -0.2) is 18.9 Å². The molecule has 3 aromatic carbocycles. The number of allylic oxidation sites excluding steroid dienone is 1. The van der Waals surface area contributed by atoms with Crippen molar-refractivity contribution in [3.05, 3.63) is 98.4 Å². The monoisotopic (exact) mass is 514 g/mol. The summed E-state index contributed by atoms with van der Waals surface area (Å²) in [6.07, 6.45) is 3.18. The van der Waals surface area contributed by atoms with Crippen LogP contribution in [0.3, 0.4) is 0 Å². The van der Waals surface area contributed by atoms with Crippen LogP contribution in [0.1, 0.15) is 26.3 Å². The van der Waals surface area contributed by atoms with Crippen LogP contribution in [-0.2, 0) is 0 Å². The fraction of sp³-hybridized carbons (Fsp3) is 0.0435. The smallest absolute Gasteiger partial charge is 0.344 e. The highest BCUT2D eigenvalue weighted by molar-refractivity contribution is 9.10. The second kappa shape index (κ2) is 9.67. The summed E-state index contributed by atoms with van der Waals surface area (Å²) in [6.45, 7) is 0. The van der Waals surface area contributed by atoms with Crippen molar-refractivity contribution in [2.75, 3.05) is 7.11 Å². The number of esters is 1. The predicted molar refractivity (Wildman–Crippen MR) is 120 cm³/mol. The Balaban J connectivity index is 1.76. The third kappa shape index (κ3) is 5.43. The van der Waals surface area contributed by atoms with E-state index in [1.54, 1.807) is 54.6 Å². The maximum Gasteiger partial charge on any atom is 0.344 e. The van der Waals surface area contributed by atoms with E-state index in [-0.39, 0.29) is 5.78 Å². The van der Waals surface area contributed by atoms with Gasteiger partial charge in [0.05, 0.1) is 12.7 Å². The van der Waals surface area contributed by atoms with Gasteiger partial charge in [0.15, 0.2) is 17.3 Å². The molecule has 0 aliphatic carbocycles. The molecular weight excluding hydrogens is 500 g/mol. The predicted octanol–water partition coefficient (Wildman–Crippen LogP) is 6.34. The van der Waals surface area contributed by atoms with Crippen LogP contribution in [0.25, 0.3) is 6.08 Å². The minimum Gasteiger partial charge on any atom is -0.493 e. The molecule has 4 nitrogen and oxygen atoms in total. The second-order valence-corrected chi connectivity index (χ2v) is 7.75. The number of rotatable bonds is 6. The van der Waals surface area contributed by atoms with Gasteiger partial charge in [0, 0.05) is 14.5 Å². The fourth-order valence-corrected chi connectivity index (χ4v) is 3.25. The van der Waals surface area contributed by atoms with Crippen molar-refractivity contribution < 1.29 is 19.1 Å². The molecule has 3 rings (SSSR count). The number of halogens is 2. The molecule has 3 aromatic rings.